The van der Waals surface area contributed by atoms with Gasteiger partial charge < -0.3 is 4.74 Å². The van der Waals surface area contributed by atoms with E-state index in [1.807, 2.05) is 0 Å². The molecule has 0 aliphatic heterocycles. The first kappa shape index (κ1) is 12.6. The van der Waals surface area contributed by atoms with Crippen LogP contribution in [0.25, 0.3) is 0 Å². The fourth-order valence-electron chi connectivity index (χ4n) is 0.417. The van der Waals surface area contributed by atoms with E-state index in [9.17, 15) is 9.59 Å². The highest BCUT2D eigenvalue weighted by atomic mass is 80.0. The number of Topliss-reactive ketones (excluding diaryl/α,β-unsaturated/α-hetero) is 1. The van der Waals surface area contributed by atoms with Gasteiger partial charge in [-0.15, -0.1) is 0 Å². The Labute approximate surface area is 95.6 Å². The Morgan fingerprint density at radius 1 is 1.33 bits per heavy atom. The SMILES string of the molecule is CC(=O)CC(=O)OCC(Br)(Br)Br. The van der Waals surface area contributed by atoms with Crippen molar-refractivity contribution in [1.29, 1.82) is 0 Å². The molecule has 12 heavy (non-hydrogen) atoms. The van der Waals surface area contributed by atoms with E-state index >= 15 is 0 Å². The van der Waals surface area contributed by atoms with E-state index in [2.05, 4.69) is 47.8 Å². The summed E-state index contributed by atoms with van der Waals surface area (Å²) in [7, 11) is 0. The number of carbonyl (C=O) groups excluding carboxylic acids is 2. The van der Waals surface area contributed by atoms with Crippen molar-refractivity contribution in [3.05, 3.63) is 0 Å². The van der Waals surface area contributed by atoms with Crippen molar-refractivity contribution < 1.29 is 14.3 Å². The third-order valence-corrected chi connectivity index (χ3v) is 1.48. The maximum atomic E-state index is 10.8. The van der Waals surface area contributed by atoms with Gasteiger partial charge in [0.1, 0.15) is 18.8 Å². The van der Waals surface area contributed by atoms with E-state index in [-0.39, 0.29) is 18.8 Å². The van der Waals surface area contributed by atoms with Gasteiger partial charge in [-0.3, -0.25) is 9.59 Å². The van der Waals surface area contributed by atoms with Gasteiger partial charge in [-0.25, -0.2) is 0 Å². The molecule has 70 valence electrons. The van der Waals surface area contributed by atoms with Crippen LogP contribution in [0.5, 0.6) is 0 Å². The third-order valence-electron chi connectivity index (χ3n) is 0.790. The lowest BCUT2D eigenvalue weighted by Crippen LogP contribution is -2.17. The minimum atomic E-state index is -0.598. The zero-order valence-corrected chi connectivity index (χ0v) is 11.0. The summed E-state index contributed by atoms with van der Waals surface area (Å²) >= 11 is 9.43. The van der Waals surface area contributed by atoms with Crippen molar-refractivity contribution >= 4 is 59.5 Å². The van der Waals surface area contributed by atoms with E-state index < -0.39 is 8.11 Å². The van der Waals surface area contributed by atoms with Crippen LogP contribution in [-0.4, -0.2) is 20.5 Å². The predicted octanol–water partition coefficient (Wildman–Crippen LogP) is 2.35. The molecular formula is C6H7Br3O3. The van der Waals surface area contributed by atoms with Crippen molar-refractivity contribution in [3.8, 4) is 0 Å². The van der Waals surface area contributed by atoms with Gasteiger partial charge in [-0.05, 0) is 6.92 Å². The molecule has 3 nitrogen and oxygen atoms in total. The van der Waals surface area contributed by atoms with E-state index in [0.717, 1.165) is 0 Å². The first-order valence-corrected chi connectivity index (χ1v) is 5.41. The van der Waals surface area contributed by atoms with Crippen molar-refractivity contribution in [2.45, 2.75) is 15.5 Å². The van der Waals surface area contributed by atoms with Crippen molar-refractivity contribution in [3.63, 3.8) is 0 Å². The number of esters is 1. The average Bonchev–Trinajstić information content (AvgIpc) is 1.80. The highest BCUT2D eigenvalue weighted by Gasteiger charge is 2.20. The molecule has 0 aliphatic rings. The largest absolute Gasteiger partial charge is 0.462 e. The molecule has 0 bridgehead atoms. The first-order chi connectivity index (χ1) is 5.31. The zero-order valence-electron chi connectivity index (χ0n) is 6.27. The maximum Gasteiger partial charge on any atom is 0.313 e. The first-order valence-electron chi connectivity index (χ1n) is 3.03. The van der Waals surface area contributed by atoms with Crippen LogP contribution in [0.4, 0.5) is 0 Å². The average molecular weight is 367 g/mol. The van der Waals surface area contributed by atoms with Crippen LogP contribution in [0.1, 0.15) is 13.3 Å². The smallest absolute Gasteiger partial charge is 0.313 e. The Bertz CT molecular complexity index is 185. The second-order valence-corrected chi connectivity index (χ2v) is 9.41. The van der Waals surface area contributed by atoms with E-state index in [1.54, 1.807) is 0 Å². The molecule has 0 saturated carbocycles. The Kier molecular flexibility index (Phi) is 5.60. The lowest BCUT2D eigenvalue weighted by Gasteiger charge is -2.11. The molecular weight excluding hydrogens is 360 g/mol. The van der Waals surface area contributed by atoms with Gasteiger partial charge in [0.15, 0.2) is 2.14 Å². The molecule has 0 amide bonds. The number of hydrogen-bond donors (Lipinski definition) is 0. The van der Waals surface area contributed by atoms with Crippen molar-refractivity contribution in [2.24, 2.45) is 0 Å². The standard InChI is InChI=1S/C6H7Br3O3/c1-4(10)2-5(11)12-3-6(7,8)9/h2-3H2,1H3. The van der Waals surface area contributed by atoms with Crippen LogP contribution < -0.4 is 0 Å². The minimum absolute atomic E-state index is 0.110. The number of halogens is 3. The maximum absolute atomic E-state index is 10.8. The highest BCUT2D eigenvalue weighted by Crippen LogP contribution is 2.33. The summed E-state index contributed by atoms with van der Waals surface area (Å²) in [5.74, 6) is -0.727. The molecule has 0 atom stereocenters. The Balaban J connectivity index is 3.65. The van der Waals surface area contributed by atoms with Crippen molar-refractivity contribution in [1.82, 2.24) is 0 Å². The summed E-state index contributed by atoms with van der Waals surface area (Å²) in [5.41, 5.74) is 0. The Morgan fingerprint density at radius 3 is 2.17 bits per heavy atom. The normalized spacial score (nSPS) is 11.0. The lowest BCUT2D eigenvalue weighted by molar-refractivity contribution is -0.145. The summed E-state index contributed by atoms with van der Waals surface area (Å²) in [5, 5.41) is 0. The predicted molar refractivity (Wildman–Crippen MR) is 55.8 cm³/mol. The highest BCUT2D eigenvalue weighted by molar-refractivity contribution is 9.39. The number of alkyl halides is 3. The molecule has 0 spiro atoms. The molecule has 0 N–H and O–H groups in total. The fourth-order valence-corrected chi connectivity index (χ4v) is 0.760. The Morgan fingerprint density at radius 2 is 1.83 bits per heavy atom. The molecule has 0 aromatic rings. The van der Waals surface area contributed by atoms with Crippen LogP contribution in [0, 0.1) is 0 Å². The summed E-state index contributed by atoms with van der Waals surface area (Å²) in [6.45, 7) is 1.45. The van der Waals surface area contributed by atoms with Crippen LogP contribution in [-0.2, 0) is 14.3 Å². The topological polar surface area (TPSA) is 43.4 Å². The number of rotatable bonds is 3. The minimum Gasteiger partial charge on any atom is -0.462 e. The summed E-state index contributed by atoms with van der Waals surface area (Å²) in [4.78, 5) is 21.2. The molecule has 0 fully saturated rings. The lowest BCUT2D eigenvalue weighted by atomic mass is 10.3. The number of ketones is 1. The van der Waals surface area contributed by atoms with Gasteiger partial charge in [0.05, 0.1) is 0 Å². The summed E-state index contributed by atoms with van der Waals surface area (Å²) < 4.78 is 4.12. The van der Waals surface area contributed by atoms with Gasteiger partial charge in [0.2, 0.25) is 0 Å². The molecule has 0 rings (SSSR count). The number of ether oxygens (including phenoxy) is 1. The monoisotopic (exact) mass is 364 g/mol. The van der Waals surface area contributed by atoms with Gasteiger partial charge >= 0.3 is 5.97 Å². The van der Waals surface area contributed by atoms with E-state index in [1.165, 1.54) is 6.92 Å². The Hall–Kier alpha value is 0.580. The number of carbonyl (C=O) groups is 2. The second-order valence-electron chi connectivity index (χ2n) is 2.15. The van der Waals surface area contributed by atoms with Crippen LogP contribution >= 0.6 is 47.8 Å². The van der Waals surface area contributed by atoms with Gasteiger partial charge in [-0.2, -0.15) is 0 Å². The molecule has 0 unspecified atom stereocenters. The summed E-state index contributed by atoms with van der Waals surface area (Å²) in [6.07, 6.45) is -0.178. The van der Waals surface area contributed by atoms with Gasteiger partial charge in [-0.1, -0.05) is 47.8 Å². The fraction of sp³-hybridized carbons (Fsp3) is 0.667. The van der Waals surface area contributed by atoms with E-state index in [0.29, 0.717) is 0 Å². The van der Waals surface area contributed by atoms with Gasteiger partial charge in [0.25, 0.3) is 0 Å². The molecule has 0 saturated heterocycles. The molecule has 0 aromatic carbocycles. The van der Waals surface area contributed by atoms with Crippen LogP contribution in [0.2, 0.25) is 0 Å². The quantitative estimate of drug-likeness (QED) is 0.437. The molecule has 0 radical (unpaired) electrons. The van der Waals surface area contributed by atoms with Crippen LogP contribution in [0.3, 0.4) is 0 Å². The second kappa shape index (κ2) is 5.34. The molecule has 0 heterocycles. The molecule has 0 aliphatic carbocycles. The molecule has 6 heteroatoms. The van der Waals surface area contributed by atoms with E-state index in [4.69, 9.17) is 4.74 Å². The zero-order chi connectivity index (χ0) is 9.78. The van der Waals surface area contributed by atoms with Gasteiger partial charge in [0, 0.05) is 0 Å². The molecule has 0 aromatic heterocycles. The summed E-state index contributed by atoms with van der Waals surface area (Å²) in [6, 6.07) is 0. The van der Waals surface area contributed by atoms with Crippen molar-refractivity contribution in [2.75, 3.05) is 6.61 Å². The van der Waals surface area contributed by atoms with Crippen LogP contribution in [0.15, 0.2) is 0 Å². The number of hydrogen-bond acceptors (Lipinski definition) is 3. The third kappa shape index (κ3) is 8.67.